The molecule has 0 heterocycles. The van der Waals surface area contributed by atoms with E-state index in [1.54, 1.807) is 0 Å². The van der Waals surface area contributed by atoms with Crippen LogP contribution in [0.5, 0.6) is 0 Å². The van der Waals surface area contributed by atoms with Gasteiger partial charge in [0.25, 0.3) is 0 Å². The van der Waals surface area contributed by atoms with Crippen LogP contribution in [0.1, 0.15) is 0 Å². The molecule has 4 nitrogen and oxygen atoms in total. The Morgan fingerprint density at radius 1 is 1.80 bits per heavy atom. The molecule has 0 aliphatic heterocycles. The van der Waals surface area contributed by atoms with Crippen molar-refractivity contribution >= 4 is 13.9 Å². The maximum absolute atomic E-state index is 10.0. The van der Waals surface area contributed by atoms with Crippen molar-refractivity contribution in [3.8, 4) is 5.63 Å². The normalized spacial score (nSPS) is 12.5. The first-order valence-electron chi connectivity index (χ1n) is 2.41. The van der Waals surface area contributed by atoms with Gasteiger partial charge in [0.1, 0.15) is 0 Å². The van der Waals surface area contributed by atoms with E-state index < -0.39 is 12.0 Å². The van der Waals surface area contributed by atoms with Crippen molar-refractivity contribution in [1.29, 1.82) is 0 Å². The second-order valence-electron chi connectivity index (χ2n) is 1.44. The van der Waals surface area contributed by atoms with Crippen molar-refractivity contribution in [2.75, 3.05) is 0 Å². The first-order valence-corrected chi connectivity index (χ1v) is 3.22. The first-order chi connectivity index (χ1) is 4.68. The summed E-state index contributed by atoms with van der Waals surface area (Å²) < 4.78 is 9.70. The predicted octanol–water partition coefficient (Wildman–Crippen LogP) is 0.205. The van der Waals surface area contributed by atoms with E-state index >= 15 is 0 Å². The van der Waals surface area contributed by atoms with Crippen LogP contribution in [0.3, 0.4) is 0 Å². The van der Waals surface area contributed by atoms with E-state index in [4.69, 9.17) is 10.8 Å². The quantitative estimate of drug-likeness (QED) is 0.564. The Morgan fingerprint density at radius 3 is 2.80 bits per heavy atom. The van der Waals surface area contributed by atoms with Crippen LogP contribution in [0.25, 0.3) is 0 Å². The average molecular weight is 159 g/mol. The van der Waals surface area contributed by atoms with Gasteiger partial charge in [-0.25, -0.2) is 0 Å². The van der Waals surface area contributed by atoms with Gasteiger partial charge in [0.15, 0.2) is 0 Å². The number of hydrogen-bond donors (Lipinski definition) is 2. The zero-order valence-electron chi connectivity index (χ0n) is 5.02. The van der Waals surface area contributed by atoms with Gasteiger partial charge in [-0.3, -0.25) is 0 Å². The number of rotatable bonds is 2. The van der Waals surface area contributed by atoms with Gasteiger partial charge in [0.05, 0.1) is 0 Å². The molecule has 1 unspecified atom stereocenters. The van der Waals surface area contributed by atoms with Gasteiger partial charge >= 0.3 is 57.9 Å². The molecule has 0 fully saturated rings. The summed E-state index contributed by atoms with van der Waals surface area (Å²) in [7, 11) is -0.282. The molecule has 0 rings (SSSR count). The Morgan fingerprint density at radius 2 is 2.40 bits per heavy atom. The van der Waals surface area contributed by atoms with Crippen LogP contribution in [-0.2, 0) is 9.36 Å². The fourth-order valence-corrected chi connectivity index (χ4v) is 0.406. The van der Waals surface area contributed by atoms with Crippen LogP contribution in [-0.4, -0.2) is 17.1 Å². The SMILES string of the molecule is NC(C=CC#P=O)C(=O)O. The zero-order chi connectivity index (χ0) is 7.98. The minimum atomic E-state index is -1.12. The van der Waals surface area contributed by atoms with Crippen molar-refractivity contribution in [2.45, 2.75) is 6.04 Å². The molecular formula is C5H6NO3P. The van der Waals surface area contributed by atoms with Gasteiger partial charge in [-0.05, 0) is 0 Å². The molecule has 1 atom stereocenters. The molecule has 0 aromatic rings. The second kappa shape index (κ2) is 5.00. The summed E-state index contributed by atoms with van der Waals surface area (Å²) >= 11 is 0. The number of nitrogens with two attached hydrogens (primary N) is 1. The van der Waals surface area contributed by atoms with E-state index in [2.05, 4.69) is 5.63 Å². The Labute approximate surface area is 58.8 Å². The molecular weight excluding hydrogens is 153 g/mol. The van der Waals surface area contributed by atoms with Gasteiger partial charge in [-0.1, -0.05) is 0 Å². The third-order valence-corrected chi connectivity index (χ3v) is 0.970. The van der Waals surface area contributed by atoms with Crippen LogP contribution < -0.4 is 5.73 Å². The molecule has 0 aliphatic carbocycles. The molecule has 0 saturated heterocycles. The standard InChI is InChI=1S/C5H6NO3P/c6-4(5(7)8)2-1-3-10-9/h1-2,4H,6H2,(H,7,8). The van der Waals surface area contributed by atoms with Gasteiger partial charge in [-0.2, -0.15) is 0 Å². The third kappa shape index (κ3) is 4.10. The molecule has 0 aliphatic rings. The summed E-state index contributed by atoms with van der Waals surface area (Å²) in [5.41, 5.74) is 7.25. The summed E-state index contributed by atoms with van der Waals surface area (Å²) in [5, 5.41) is 8.20. The van der Waals surface area contributed by atoms with E-state index in [0.717, 1.165) is 0 Å². The van der Waals surface area contributed by atoms with Crippen molar-refractivity contribution < 1.29 is 14.5 Å². The van der Waals surface area contributed by atoms with Crippen LogP contribution in [0.4, 0.5) is 0 Å². The molecule has 10 heavy (non-hydrogen) atoms. The maximum atomic E-state index is 10.0. The molecule has 0 aromatic carbocycles. The third-order valence-electron chi connectivity index (χ3n) is 0.716. The summed E-state index contributed by atoms with van der Waals surface area (Å²) in [6, 6.07) is -1.05. The number of carboxylic acids is 1. The van der Waals surface area contributed by atoms with Gasteiger partial charge in [0, 0.05) is 0 Å². The Bertz CT molecular complexity index is 241. The van der Waals surface area contributed by atoms with Crippen molar-refractivity contribution in [3.05, 3.63) is 12.2 Å². The summed E-state index contributed by atoms with van der Waals surface area (Å²) in [6.07, 6.45) is 2.40. The van der Waals surface area contributed by atoms with Crippen molar-refractivity contribution in [2.24, 2.45) is 5.73 Å². The number of carboxylic acid groups (broad SMARTS) is 1. The fraction of sp³-hybridized carbons (Fsp3) is 0.200. The van der Waals surface area contributed by atoms with Crippen molar-refractivity contribution in [3.63, 3.8) is 0 Å². The molecule has 0 spiro atoms. The Kier molecular flexibility index (Phi) is 4.59. The molecule has 0 amide bonds. The second-order valence-corrected chi connectivity index (χ2v) is 1.88. The first kappa shape index (κ1) is 9.18. The number of aliphatic carboxylic acids is 1. The number of hydrogen-bond acceptors (Lipinski definition) is 3. The van der Waals surface area contributed by atoms with E-state index in [0.29, 0.717) is 0 Å². The van der Waals surface area contributed by atoms with Gasteiger partial charge in [-0.15, -0.1) is 0 Å². The van der Waals surface area contributed by atoms with E-state index in [9.17, 15) is 9.36 Å². The molecule has 54 valence electrons. The van der Waals surface area contributed by atoms with Crippen LogP contribution in [0.15, 0.2) is 12.2 Å². The molecule has 3 N–H and O–H groups in total. The monoisotopic (exact) mass is 159 g/mol. The predicted molar refractivity (Wildman–Crippen MR) is 36.2 cm³/mol. The number of allylic oxidation sites excluding steroid dienone is 1. The fourth-order valence-electron chi connectivity index (χ4n) is 0.259. The summed E-state index contributed by atoms with van der Waals surface area (Å²) in [6.45, 7) is 0. The zero-order valence-corrected chi connectivity index (χ0v) is 5.91. The molecule has 0 bridgehead atoms. The molecule has 0 saturated carbocycles. The Hall–Kier alpha value is -0.820. The van der Waals surface area contributed by atoms with Crippen molar-refractivity contribution in [1.82, 2.24) is 0 Å². The summed E-state index contributed by atoms with van der Waals surface area (Å²) in [4.78, 5) is 10.0. The van der Waals surface area contributed by atoms with E-state index in [1.807, 2.05) is 0 Å². The van der Waals surface area contributed by atoms with Gasteiger partial charge < -0.3 is 0 Å². The van der Waals surface area contributed by atoms with Crippen LogP contribution in [0.2, 0.25) is 0 Å². The average Bonchev–Trinajstić information content (AvgIpc) is 1.88. The number of carbonyl (C=O) groups is 1. The van der Waals surface area contributed by atoms with E-state index in [1.165, 1.54) is 12.2 Å². The van der Waals surface area contributed by atoms with Crippen LogP contribution in [0, 0.1) is 5.63 Å². The topological polar surface area (TPSA) is 80.4 Å². The summed E-state index contributed by atoms with van der Waals surface area (Å²) in [5.74, 6) is -1.12. The van der Waals surface area contributed by atoms with E-state index in [-0.39, 0.29) is 7.92 Å². The molecule has 0 aromatic heterocycles. The Balaban J connectivity index is 3.97. The minimum absolute atomic E-state index is 0.282. The molecule has 5 heteroatoms. The van der Waals surface area contributed by atoms with Gasteiger partial charge in [0.2, 0.25) is 0 Å². The molecule has 0 radical (unpaired) electrons. The van der Waals surface area contributed by atoms with Crippen LogP contribution >= 0.6 is 7.92 Å².